The lowest BCUT2D eigenvalue weighted by molar-refractivity contribution is -0.118. The van der Waals surface area contributed by atoms with Crippen LogP contribution in [0.2, 0.25) is 0 Å². The van der Waals surface area contributed by atoms with Crippen molar-refractivity contribution in [2.45, 2.75) is 19.3 Å². The fourth-order valence-electron chi connectivity index (χ4n) is 3.20. The molecule has 4 rings (SSSR count). The van der Waals surface area contributed by atoms with E-state index in [4.69, 9.17) is 4.74 Å². The molecule has 2 aliphatic heterocycles. The van der Waals surface area contributed by atoms with E-state index in [0.717, 1.165) is 18.8 Å². The number of pyridine rings is 1. The number of hydrogen-bond donors (Lipinski definition) is 2. The number of carbonyl (C=O) groups excluding carboxylic acids is 2. The Labute approximate surface area is 151 Å². The molecule has 0 atom stereocenters. The molecular formula is C19H20N4O3. The van der Waals surface area contributed by atoms with Crippen molar-refractivity contribution < 1.29 is 14.3 Å². The van der Waals surface area contributed by atoms with Gasteiger partial charge in [-0.2, -0.15) is 0 Å². The van der Waals surface area contributed by atoms with Gasteiger partial charge in [0, 0.05) is 18.7 Å². The van der Waals surface area contributed by atoms with Crippen LogP contribution in [0.15, 0.2) is 36.5 Å². The minimum Gasteiger partial charge on any atom is -0.482 e. The van der Waals surface area contributed by atoms with Crippen LogP contribution in [0.5, 0.6) is 5.75 Å². The fourth-order valence-corrected chi connectivity index (χ4v) is 3.20. The van der Waals surface area contributed by atoms with E-state index in [2.05, 4.69) is 20.5 Å². The molecule has 1 saturated heterocycles. The molecule has 7 heteroatoms. The van der Waals surface area contributed by atoms with Crippen molar-refractivity contribution in [1.29, 1.82) is 0 Å². The Kier molecular flexibility index (Phi) is 4.43. The number of piperidine rings is 1. The molecule has 2 N–H and O–H groups in total. The number of nitrogens with one attached hydrogen (secondary N) is 2. The van der Waals surface area contributed by atoms with E-state index >= 15 is 0 Å². The second-order valence-corrected chi connectivity index (χ2v) is 6.45. The zero-order valence-electron chi connectivity index (χ0n) is 14.3. The zero-order chi connectivity index (χ0) is 17.9. The molecule has 0 bridgehead atoms. The molecule has 1 fully saturated rings. The van der Waals surface area contributed by atoms with Gasteiger partial charge in [0.2, 0.25) is 0 Å². The zero-order valence-corrected chi connectivity index (χ0v) is 14.3. The predicted octanol–water partition coefficient (Wildman–Crippen LogP) is 2.66. The van der Waals surface area contributed by atoms with E-state index in [9.17, 15) is 9.59 Å². The Morgan fingerprint density at radius 2 is 2.00 bits per heavy atom. The van der Waals surface area contributed by atoms with Crippen LogP contribution in [0.25, 0.3) is 0 Å². The molecule has 2 aromatic rings. The topological polar surface area (TPSA) is 83.6 Å². The van der Waals surface area contributed by atoms with Crippen molar-refractivity contribution in [3.63, 3.8) is 0 Å². The highest BCUT2D eigenvalue weighted by Crippen LogP contribution is 2.29. The average Bonchev–Trinajstić information content (AvgIpc) is 2.69. The molecule has 0 spiro atoms. The largest absolute Gasteiger partial charge is 0.482 e. The lowest BCUT2D eigenvalue weighted by atomic mass is 10.1. The van der Waals surface area contributed by atoms with Crippen molar-refractivity contribution in [1.82, 2.24) is 4.98 Å². The van der Waals surface area contributed by atoms with Gasteiger partial charge in [-0.3, -0.25) is 9.59 Å². The van der Waals surface area contributed by atoms with E-state index in [0.29, 0.717) is 22.8 Å². The fraction of sp³-hybridized carbons (Fsp3) is 0.316. The number of anilines is 3. The standard InChI is InChI=1S/C19H20N4O3/c24-18-12-26-16-10-13(4-6-15(16)21-18)19(25)22-17-7-5-14(11-20-17)23-8-2-1-3-9-23/h4-7,10-11H,1-3,8-9,12H2,(H,21,24)(H,20,22,25). The minimum absolute atomic E-state index is 0.0441. The first-order valence-corrected chi connectivity index (χ1v) is 8.78. The number of rotatable bonds is 3. The third kappa shape index (κ3) is 3.46. The van der Waals surface area contributed by atoms with Gasteiger partial charge in [-0.25, -0.2) is 4.98 Å². The summed E-state index contributed by atoms with van der Waals surface area (Å²) < 4.78 is 5.35. The van der Waals surface area contributed by atoms with Gasteiger partial charge in [-0.1, -0.05) is 0 Å². The van der Waals surface area contributed by atoms with E-state index < -0.39 is 0 Å². The quantitative estimate of drug-likeness (QED) is 0.887. The Balaban J connectivity index is 1.44. The maximum Gasteiger partial charge on any atom is 0.262 e. The summed E-state index contributed by atoms with van der Waals surface area (Å²) in [7, 11) is 0. The highest BCUT2D eigenvalue weighted by molar-refractivity contribution is 6.05. The maximum atomic E-state index is 12.4. The van der Waals surface area contributed by atoms with E-state index in [-0.39, 0.29) is 18.4 Å². The van der Waals surface area contributed by atoms with Crippen LogP contribution in [0.4, 0.5) is 17.2 Å². The molecule has 3 heterocycles. The Bertz CT molecular complexity index is 829. The van der Waals surface area contributed by atoms with Gasteiger partial charge in [-0.05, 0) is 49.6 Å². The van der Waals surface area contributed by atoms with Crippen LogP contribution in [-0.4, -0.2) is 36.5 Å². The first kappa shape index (κ1) is 16.4. The smallest absolute Gasteiger partial charge is 0.262 e. The second kappa shape index (κ2) is 7.03. The van der Waals surface area contributed by atoms with Gasteiger partial charge in [-0.15, -0.1) is 0 Å². The minimum atomic E-state index is -0.272. The van der Waals surface area contributed by atoms with E-state index in [1.165, 1.54) is 19.3 Å². The summed E-state index contributed by atoms with van der Waals surface area (Å²) in [5, 5.41) is 5.49. The van der Waals surface area contributed by atoms with Crippen LogP contribution in [0, 0.1) is 0 Å². The van der Waals surface area contributed by atoms with Gasteiger partial charge in [0.25, 0.3) is 11.8 Å². The van der Waals surface area contributed by atoms with Crippen molar-refractivity contribution in [3.8, 4) is 5.75 Å². The number of ether oxygens (including phenoxy) is 1. The molecule has 0 aliphatic carbocycles. The first-order valence-electron chi connectivity index (χ1n) is 8.78. The average molecular weight is 352 g/mol. The van der Waals surface area contributed by atoms with Crippen molar-refractivity contribution in [2.75, 3.05) is 35.2 Å². The number of fused-ring (bicyclic) bond motifs is 1. The summed E-state index contributed by atoms with van der Waals surface area (Å²) in [6.45, 7) is 2.07. The van der Waals surface area contributed by atoms with Crippen LogP contribution in [0.1, 0.15) is 29.6 Å². The van der Waals surface area contributed by atoms with Crippen LogP contribution < -0.4 is 20.3 Å². The van der Waals surface area contributed by atoms with Crippen LogP contribution in [-0.2, 0) is 4.79 Å². The van der Waals surface area contributed by atoms with Crippen molar-refractivity contribution in [2.24, 2.45) is 0 Å². The highest BCUT2D eigenvalue weighted by atomic mass is 16.5. The third-order valence-corrected chi connectivity index (χ3v) is 4.59. The van der Waals surface area contributed by atoms with Gasteiger partial charge in [0.1, 0.15) is 11.6 Å². The lowest BCUT2D eigenvalue weighted by Crippen LogP contribution is -2.29. The molecule has 134 valence electrons. The molecule has 1 aromatic heterocycles. The summed E-state index contributed by atoms with van der Waals surface area (Å²) in [5.41, 5.74) is 2.10. The molecule has 0 radical (unpaired) electrons. The Morgan fingerprint density at radius 3 is 2.77 bits per heavy atom. The summed E-state index contributed by atoms with van der Waals surface area (Å²) in [6, 6.07) is 8.72. The van der Waals surface area contributed by atoms with E-state index in [1.807, 2.05) is 12.1 Å². The molecule has 0 saturated carbocycles. The third-order valence-electron chi connectivity index (χ3n) is 4.59. The SMILES string of the molecule is O=C1COc2cc(C(=O)Nc3ccc(N4CCCCC4)cn3)ccc2N1. The molecule has 1 aromatic carbocycles. The van der Waals surface area contributed by atoms with Crippen LogP contribution >= 0.6 is 0 Å². The molecule has 2 aliphatic rings. The number of benzene rings is 1. The number of aromatic nitrogens is 1. The lowest BCUT2D eigenvalue weighted by Gasteiger charge is -2.28. The molecule has 7 nitrogen and oxygen atoms in total. The molecule has 0 unspecified atom stereocenters. The van der Waals surface area contributed by atoms with Gasteiger partial charge in [0.05, 0.1) is 17.6 Å². The van der Waals surface area contributed by atoms with Gasteiger partial charge < -0.3 is 20.3 Å². The van der Waals surface area contributed by atoms with E-state index in [1.54, 1.807) is 24.4 Å². The summed E-state index contributed by atoms with van der Waals surface area (Å²) in [6.07, 6.45) is 5.50. The second-order valence-electron chi connectivity index (χ2n) is 6.45. The van der Waals surface area contributed by atoms with Gasteiger partial charge in [0.15, 0.2) is 6.61 Å². The maximum absolute atomic E-state index is 12.4. The van der Waals surface area contributed by atoms with Crippen molar-refractivity contribution >= 4 is 29.0 Å². The number of carbonyl (C=O) groups is 2. The Hall–Kier alpha value is -3.09. The number of nitrogens with zero attached hydrogens (tertiary/aromatic N) is 2. The van der Waals surface area contributed by atoms with Crippen molar-refractivity contribution in [3.05, 3.63) is 42.1 Å². The molecular weight excluding hydrogens is 332 g/mol. The summed E-state index contributed by atoms with van der Waals surface area (Å²) in [4.78, 5) is 30.4. The number of amides is 2. The Morgan fingerprint density at radius 1 is 1.15 bits per heavy atom. The van der Waals surface area contributed by atoms with Crippen LogP contribution in [0.3, 0.4) is 0 Å². The monoisotopic (exact) mass is 352 g/mol. The first-order chi connectivity index (χ1) is 12.7. The molecule has 2 amide bonds. The molecule has 26 heavy (non-hydrogen) atoms. The normalized spacial score (nSPS) is 16.3. The highest BCUT2D eigenvalue weighted by Gasteiger charge is 2.18. The summed E-state index contributed by atoms with van der Waals surface area (Å²) >= 11 is 0. The van der Waals surface area contributed by atoms with Gasteiger partial charge >= 0.3 is 0 Å². The number of hydrogen-bond acceptors (Lipinski definition) is 5. The summed E-state index contributed by atoms with van der Waals surface area (Å²) in [5.74, 6) is 0.521. The predicted molar refractivity (Wildman–Crippen MR) is 98.8 cm³/mol.